The lowest BCUT2D eigenvalue weighted by Crippen LogP contribution is -1.99. The van der Waals surface area contributed by atoms with Gasteiger partial charge in [-0.25, -0.2) is 14.8 Å². The summed E-state index contributed by atoms with van der Waals surface area (Å²) < 4.78 is 0. The minimum absolute atomic E-state index is 0.0320. The first kappa shape index (κ1) is 11.3. The van der Waals surface area contributed by atoms with Crippen LogP contribution in [0.2, 0.25) is 0 Å². The third-order valence-corrected chi connectivity index (χ3v) is 2.88. The van der Waals surface area contributed by atoms with E-state index in [0.717, 1.165) is 22.2 Å². The van der Waals surface area contributed by atoms with Gasteiger partial charge in [0.25, 0.3) is 0 Å². The zero-order chi connectivity index (χ0) is 13.2. The molecule has 0 spiro atoms. The van der Waals surface area contributed by atoms with Crippen LogP contribution in [0.25, 0.3) is 22.2 Å². The van der Waals surface area contributed by atoms with Crippen molar-refractivity contribution < 1.29 is 9.90 Å². The van der Waals surface area contributed by atoms with Gasteiger partial charge in [0.15, 0.2) is 0 Å². The Balaban J connectivity index is 2.06. The van der Waals surface area contributed by atoms with Gasteiger partial charge in [-0.2, -0.15) is 0 Å². The summed E-state index contributed by atoms with van der Waals surface area (Å²) in [5.41, 5.74) is 2.52. The highest BCUT2D eigenvalue weighted by Crippen LogP contribution is 2.20. The molecule has 1 N–H and O–H groups in total. The molecule has 4 heteroatoms. The van der Waals surface area contributed by atoms with E-state index >= 15 is 0 Å². The Kier molecular flexibility index (Phi) is 2.68. The number of nitrogens with zero attached hydrogens (tertiary/aromatic N) is 2. The first-order valence-corrected chi connectivity index (χ1v) is 5.79. The number of hydrogen-bond acceptors (Lipinski definition) is 3. The highest BCUT2D eigenvalue weighted by Gasteiger charge is 2.06. The van der Waals surface area contributed by atoms with Crippen LogP contribution in [0.5, 0.6) is 0 Å². The molecule has 0 fully saturated rings. The smallest absolute Gasteiger partial charge is 0.354 e. The fourth-order valence-electron chi connectivity index (χ4n) is 1.90. The van der Waals surface area contributed by atoms with Crippen LogP contribution < -0.4 is 0 Å². The van der Waals surface area contributed by atoms with E-state index in [9.17, 15) is 4.79 Å². The number of rotatable bonds is 2. The summed E-state index contributed by atoms with van der Waals surface area (Å²) >= 11 is 0. The van der Waals surface area contributed by atoms with Gasteiger partial charge in [-0.3, -0.25) is 0 Å². The summed E-state index contributed by atoms with van der Waals surface area (Å²) in [6.45, 7) is 0. The molecular formula is C15H10N2O2. The van der Waals surface area contributed by atoms with Crippen LogP contribution in [0.4, 0.5) is 0 Å². The first-order chi connectivity index (χ1) is 9.24. The zero-order valence-electron chi connectivity index (χ0n) is 9.95. The maximum atomic E-state index is 10.7. The summed E-state index contributed by atoms with van der Waals surface area (Å²) in [7, 11) is 0. The number of carbonyl (C=O) groups is 1. The Morgan fingerprint density at radius 3 is 2.58 bits per heavy atom. The summed E-state index contributed by atoms with van der Waals surface area (Å²) in [5.74, 6) is -1.03. The molecule has 2 aromatic heterocycles. The van der Waals surface area contributed by atoms with Crippen molar-refractivity contribution in [2.24, 2.45) is 0 Å². The Bertz CT molecular complexity index is 751. The van der Waals surface area contributed by atoms with Crippen LogP contribution in [-0.2, 0) is 0 Å². The molecular weight excluding hydrogens is 240 g/mol. The lowest BCUT2D eigenvalue weighted by atomic mass is 10.1. The molecule has 3 rings (SSSR count). The number of aromatic carboxylic acids is 1. The molecule has 1 aromatic carbocycles. The van der Waals surface area contributed by atoms with Crippen molar-refractivity contribution in [3.8, 4) is 11.3 Å². The minimum Gasteiger partial charge on any atom is -0.477 e. The van der Waals surface area contributed by atoms with Gasteiger partial charge in [-0.1, -0.05) is 24.3 Å². The van der Waals surface area contributed by atoms with E-state index in [1.165, 1.54) is 12.3 Å². The van der Waals surface area contributed by atoms with Crippen molar-refractivity contribution >= 4 is 16.9 Å². The molecule has 19 heavy (non-hydrogen) atoms. The predicted molar refractivity (Wildman–Crippen MR) is 71.9 cm³/mol. The lowest BCUT2D eigenvalue weighted by molar-refractivity contribution is 0.0690. The topological polar surface area (TPSA) is 63.1 Å². The number of aromatic nitrogens is 2. The molecule has 2 heterocycles. The molecule has 0 aliphatic rings. The summed E-state index contributed by atoms with van der Waals surface area (Å²) in [6, 6.07) is 14.9. The first-order valence-electron chi connectivity index (χ1n) is 5.79. The maximum absolute atomic E-state index is 10.7. The predicted octanol–water partition coefficient (Wildman–Crippen LogP) is 3.00. The average molecular weight is 250 g/mol. The van der Waals surface area contributed by atoms with E-state index < -0.39 is 5.97 Å². The fraction of sp³-hybridized carbons (Fsp3) is 0. The molecule has 0 bridgehead atoms. The number of hydrogen-bond donors (Lipinski definition) is 1. The molecule has 0 radical (unpaired) electrons. The van der Waals surface area contributed by atoms with Crippen molar-refractivity contribution in [3.63, 3.8) is 0 Å². The molecule has 92 valence electrons. The lowest BCUT2D eigenvalue weighted by Gasteiger charge is -2.03. The summed E-state index contributed by atoms with van der Waals surface area (Å²) in [6.07, 6.45) is 1.53. The second-order valence-electron chi connectivity index (χ2n) is 4.13. The molecule has 0 aliphatic heterocycles. The van der Waals surface area contributed by atoms with Crippen molar-refractivity contribution in [2.45, 2.75) is 0 Å². The van der Waals surface area contributed by atoms with Crippen molar-refractivity contribution in [1.82, 2.24) is 9.97 Å². The fourth-order valence-corrected chi connectivity index (χ4v) is 1.90. The monoisotopic (exact) mass is 250 g/mol. The van der Waals surface area contributed by atoms with Gasteiger partial charge in [0.1, 0.15) is 5.69 Å². The normalized spacial score (nSPS) is 10.5. The van der Waals surface area contributed by atoms with Crippen LogP contribution in [0, 0.1) is 0 Å². The van der Waals surface area contributed by atoms with Gasteiger partial charge in [0.05, 0.1) is 11.2 Å². The molecule has 3 aromatic rings. The quantitative estimate of drug-likeness (QED) is 0.759. The van der Waals surface area contributed by atoms with Crippen molar-refractivity contribution in [2.75, 3.05) is 0 Å². The Labute approximate surface area is 109 Å². The van der Waals surface area contributed by atoms with Crippen molar-refractivity contribution in [3.05, 3.63) is 60.4 Å². The molecule has 0 amide bonds. The van der Waals surface area contributed by atoms with Gasteiger partial charge >= 0.3 is 5.97 Å². The van der Waals surface area contributed by atoms with Crippen LogP contribution in [0.3, 0.4) is 0 Å². The zero-order valence-corrected chi connectivity index (χ0v) is 9.95. The van der Waals surface area contributed by atoms with Gasteiger partial charge < -0.3 is 5.11 Å². The minimum atomic E-state index is -1.03. The summed E-state index contributed by atoms with van der Waals surface area (Å²) in [5, 5.41) is 9.88. The van der Waals surface area contributed by atoms with E-state index in [4.69, 9.17) is 5.11 Å². The summed E-state index contributed by atoms with van der Waals surface area (Å²) in [4.78, 5) is 19.2. The highest BCUT2D eigenvalue weighted by molar-refractivity contribution is 5.86. The SMILES string of the molecule is O=C(O)c1ccc(-c2ccc3ccccc3n2)cn1. The maximum Gasteiger partial charge on any atom is 0.354 e. The Morgan fingerprint density at radius 1 is 1.00 bits per heavy atom. The number of carboxylic acid groups (broad SMARTS) is 1. The van der Waals surface area contributed by atoms with E-state index in [0.29, 0.717) is 0 Å². The van der Waals surface area contributed by atoms with Gasteiger partial charge in [-0.05, 0) is 24.3 Å². The van der Waals surface area contributed by atoms with Crippen LogP contribution in [0.1, 0.15) is 10.5 Å². The third kappa shape index (κ3) is 2.15. The molecule has 0 unspecified atom stereocenters. The third-order valence-electron chi connectivity index (χ3n) is 2.88. The van der Waals surface area contributed by atoms with Gasteiger partial charge in [0.2, 0.25) is 0 Å². The number of pyridine rings is 2. The van der Waals surface area contributed by atoms with Gasteiger partial charge in [0, 0.05) is 17.1 Å². The average Bonchev–Trinajstić information content (AvgIpc) is 2.47. The van der Waals surface area contributed by atoms with Crippen LogP contribution in [0.15, 0.2) is 54.7 Å². The number of para-hydroxylation sites is 1. The van der Waals surface area contributed by atoms with E-state index in [-0.39, 0.29) is 5.69 Å². The molecule has 0 saturated carbocycles. The van der Waals surface area contributed by atoms with E-state index in [1.54, 1.807) is 6.07 Å². The van der Waals surface area contributed by atoms with Gasteiger partial charge in [-0.15, -0.1) is 0 Å². The molecule has 0 atom stereocenters. The standard InChI is InChI=1S/C15H10N2O2/c18-15(19)14-8-6-11(9-16-14)13-7-5-10-3-1-2-4-12(10)17-13/h1-9H,(H,18,19). The van der Waals surface area contributed by atoms with Crippen LogP contribution in [-0.4, -0.2) is 21.0 Å². The molecule has 0 saturated heterocycles. The molecule has 4 nitrogen and oxygen atoms in total. The van der Waals surface area contributed by atoms with Crippen LogP contribution >= 0.6 is 0 Å². The second-order valence-corrected chi connectivity index (χ2v) is 4.13. The highest BCUT2D eigenvalue weighted by atomic mass is 16.4. The van der Waals surface area contributed by atoms with E-state index in [2.05, 4.69) is 9.97 Å². The number of fused-ring (bicyclic) bond motifs is 1. The van der Waals surface area contributed by atoms with Crippen molar-refractivity contribution in [1.29, 1.82) is 0 Å². The molecule has 0 aliphatic carbocycles. The Hall–Kier alpha value is -2.75. The second kappa shape index (κ2) is 4.49. The number of benzene rings is 1. The Morgan fingerprint density at radius 2 is 1.84 bits per heavy atom. The largest absolute Gasteiger partial charge is 0.477 e. The van der Waals surface area contributed by atoms with E-state index in [1.807, 2.05) is 36.4 Å². The number of carboxylic acids is 1.